The summed E-state index contributed by atoms with van der Waals surface area (Å²) in [4.78, 5) is 4.44. The maximum absolute atomic E-state index is 5.74. The second-order valence-electron chi connectivity index (χ2n) is 5.66. The fourth-order valence-corrected chi connectivity index (χ4v) is 2.47. The summed E-state index contributed by atoms with van der Waals surface area (Å²) in [6, 6.07) is 8.07. The standard InChI is InChI=1S/C15H21N3OS/c1-15(2,3)20-10-13-17-14(19-18-13)8-11-6-4-5-7-12(11)9-16/h4-7H,8-10,16H2,1-3H3. The van der Waals surface area contributed by atoms with E-state index in [9.17, 15) is 0 Å². The summed E-state index contributed by atoms with van der Waals surface area (Å²) in [6.45, 7) is 7.06. The highest BCUT2D eigenvalue weighted by Crippen LogP contribution is 2.26. The van der Waals surface area contributed by atoms with Gasteiger partial charge < -0.3 is 10.3 Å². The quantitative estimate of drug-likeness (QED) is 0.916. The number of rotatable bonds is 5. The lowest BCUT2D eigenvalue weighted by Gasteiger charge is -2.15. The molecule has 108 valence electrons. The van der Waals surface area contributed by atoms with Crippen molar-refractivity contribution in [3.8, 4) is 0 Å². The molecule has 0 aliphatic carbocycles. The van der Waals surface area contributed by atoms with Crippen molar-refractivity contribution < 1.29 is 4.52 Å². The minimum Gasteiger partial charge on any atom is -0.339 e. The van der Waals surface area contributed by atoms with Gasteiger partial charge >= 0.3 is 0 Å². The van der Waals surface area contributed by atoms with Crippen LogP contribution < -0.4 is 5.73 Å². The fraction of sp³-hybridized carbons (Fsp3) is 0.467. The Hall–Kier alpha value is -1.33. The molecule has 4 nitrogen and oxygen atoms in total. The van der Waals surface area contributed by atoms with Crippen LogP contribution in [0.4, 0.5) is 0 Å². The first-order valence-corrected chi connectivity index (χ1v) is 7.69. The van der Waals surface area contributed by atoms with Crippen LogP contribution in [0.3, 0.4) is 0 Å². The molecule has 2 N–H and O–H groups in total. The lowest BCUT2D eigenvalue weighted by atomic mass is 10.0. The van der Waals surface area contributed by atoms with Gasteiger partial charge in [0.15, 0.2) is 5.82 Å². The van der Waals surface area contributed by atoms with Gasteiger partial charge in [-0.2, -0.15) is 4.98 Å². The molecular weight excluding hydrogens is 270 g/mol. The van der Waals surface area contributed by atoms with Crippen LogP contribution in [0.5, 0.6) is 0 Å². The predicted molar refractivity (Wildman–Crippen MR) is 82.5 cm³/mol. The SMILES string of the molecule is CC(C)(C)SCc1noc(Cc2ccccc2CN)n1. The van der Waals surface area contributed by atoms with Crippen molar-refractivity contribution in [2.45, 2.75) is 44.2 Å². The van der Waals surface area contributed by atoms with E-state index in [0.29, 0.717) is 18.9 Å². The van der Waals surface area contributed by atoms with Crippen LogP contribution in [0.25, 0.3) is 0 Å². The number of nitrogens with two attached hydrogens (primary N) is 1. The van der Waals surface area contributed by atoms with Crippen LogP contribution in [0.1, 0.15) is 43.6 Å². The molecular formula is C15H21N3OS. The molecule has 1 aromatic carbocycles. The Balaban J connectivity index is 2.02. The number of hydrogen-bond donors (Lipinski definition) is 1. The molecule has 0 fully saturated rings. The largest absolute Gasteiger partial charge is 0.339 e. The van der Waals surface area contributed by atoms with Crippen molar-refractivity contribution >= 4 is 11.8 Å². The van der Waals surface area contributed by atoms with Gasteiger partial charge in [0.05, 0.1) is 12.2 Å². The molecule has 0 aliphatic heterocycles. The molecule has 0 spiro atoms. The van der Waals surface area contributed by atoms with Gasteiger partial charge in [-0.3, -0.25) is 0 Å². The van der Waals surface area contributed by atoms with Crippen LogP contribution in [0.2, 0.25) is 0 Å². The normalized spacial score (nSPS) is 11.8. The second kappa shape index (κ2) is 6.41. The summed E-state index contributed by atoms with van der Waals surface area (Å²) in [7, 11) is 0. The third kappa shape index (κ3) is 4.35. The lowest BCUT2D eigenvalue weighted by Crippen LogP contribution is -2.07. The molecule has 0 saturated carbocycles. The smallest absolute Gasteiger partial charge is 0.231 e. The van der Waals surface area contributed by atoms with E-state index in [1.54, 1.807) is 0 Å². The van der Waals surface area contributed by atoms with E-state index in [0.717, 1.165) is 22.7 Å². The van der Waals surface area contributed by atoms with E-state index < -0.39 is 0 Å². The molecule has 0 amide bonds. The van der Waals surface area contributed by atoms with Crippen LogP contribution in [0, 0.1) is 0 Å². The van der Waals surface area contributed by atoms with Crippen LogP contribution >= 0.6 is 11.8 Å². The maximum Gasteiger partial charge on any atom is 0.231 e. The van der Waals surface area contributed by atoms with Crippen LogP contribution in [-0.4, -0.2) is 14.9 Å². The predicted octanol–water partition coefficient (Wildman–Crippen LogP) is 3.15. The number of nitrogens with zero attached hydrogens (tertiary/aromatic N) is 2. The van der Waals surface area contributed by atoms with E-state index in [-0.39, 0.29) is 4.75 Å². The van der Waals surface area contributed by atoms with Gasteiger partial charge in [-0.25, -0.2) is 0 Å². The Morgan fingerprint density at radius 1 is 1.20 bits per heavy atom. The van der Waals surface area contributed by atoms with Gasteiger partial charge in [0, 0.05) is 11.3 Å². The molecule has 0 aliphatic rings. The molecule has 0 atom stereocenters. The number of hydrogen-bond acceptors (Lipinski definition) is 5. The highest BCUT2D eigenvalue weighted by Gasteiger charge is 2.14. The zero-order valence-corrected chi connectivity index (χ0v) is 13.0. The molecule has 20 heavy (non-hydrogen) atoms. The summed E-state index contributed by atoms with van der Waals surface area (Å²) >= 11 is 1.81. The molecule has 0 radical (unpaired) electrons. The first kappa shape index (κ1) is 15.1. The van der Waals surface area contributed by atoms with Crippen molar-refractivity contribution in [1.29, 1.82) is 0 Å². The summed E-state index contributed by atoms with van der Waals surface area (Å²) in [5, 5.41) is 4.03. The van der Waals surface area contributed by atoms with E-state index in [2.05, 4.69) is 37.0 Å². The van der Waals surface area contributed by atoms with Gasteiger partial charge in [0.2, 0.25) is 5.89 Å². The Kier molecular flexibility index (Phi) is 4.83. The third-order valence-corrected chi connectivity index (χ3v) is 4.09. The Bertz CT molecular complexity index is 560. The second-order valence-corrected chi connectivity index (χ2v) is 7.46. The Morgan fingerprint density at radius 2 is 1.90 bits per heavy atom. The molecule has 0 saturated heterocycles. The molecule has 0 unspecified atom stereocenters. The zero-order valence-electron chi connectivity index (χ0n) is 12.2. The summed E-state index contributed by atoms with van der Waals surface area (Å²) in [5.74, 6) is 2.17. The average molecular weight is 291 g/mol. The summed E-state index contributed by atoms with van der Waals surface area (Å²) in [5.41, 5.74) is 8.00. The zero-order chi connectivity index (χ0) is 14.6. The van der Waals surface area contributed by atoms with Gasteiger partial charge in [-0.15, -0.1) is 11.8 Å². The Morgan fingerprint density at radius 3 is 2.55 bits per heavy atom. The van der Waals surface area contributed by atoms with Gasteiger partial charge in [0.25, 0.3) is 0 Å². The van der Waals surface area contributed by atoms with Crippen molar-refractivity contribution in [3.63, 3.8) is 0 Å². The van der Waals surface area contributed by atoms with Crippen molar-refractivity contribution in [2.24, 2.45) is 5.73 Å². The number of benzene rings is 1. The van der Waals surface area contributed by atoms with Gasteiger partial charge in [-0.1, -0.05) is 50.2 Å². The minimum absolute atomic E-state index is 0.201. The van der Waals surface area contributed by atoms with Gasteiger partial charge in [-0.05, 0) is 11.1 Å². The lowest BCUT2D eigenvalue weighted by molar-refractivity contribution is 0.380. The van der Waals surface area contributed by atoms with Gasteiger partial charge in [0.1, 0.15) is 0 Å². The molecule has 5 heteroatoms. The fourth-order valence-electron chi connectivity index (χ4n) is 1.79. The van der Waals surface area contributed by atoms with Crippen LogP contribution in [-0.2, 0) is 18.7 Å². The van der Waals surface area contributed by atoms with Crippen molar-refractivity contribution in [2.75, 3.05) is 0 Å². The minimum atomic E-state index is 0.201. The Labute approximate surface area is 124 Å². The third-order valence-electron chi connectivity index (χ3n) is 2.82. The molecule has 1 heterocycles. The first-order valence-electron chi connectivity index (χ1n) is 6.70. The van der Waals surface area contributed by atoms with Crippen LogP contribution in [0.15, 0.2) is 28.8 Å². The molecule has 0 bridgehead atoms. The topological polar surface area (TPSA) is 64.9 Å². The number of thioether (sulfide) groups is 1. The van der Waals surface area contributed by atoms with E-state index in [1.165, 1.54) is 0 Å². The number of aromatic nitrogens is 2. The molecule has 2 rings (SSSR count). The summed E-state index contributed by atoms with van der Waals surface area (Å²) in [6.07, 6.45) is 0.639. The highest BCUT2D eigenvalue weighted by molar-refractivity contribution is 7.99. The monoisotopic (exact) mass is 291 g/mol. The molecule has 2 aromatic rings. The summed E-state index contributed by atoms with van der Waals surface area (Å²) < 4.78 is 5.52. The van der Waals surface area contributed by atoms with Crippen molar-refractivity contribution in [1.82, 2.24) is 10.1 Å². The van der Waals surface area contributed by atoms with E-state index >= 15 is 0 Å². The van der Waals surface area contributed by atoms with E-state index in [4.69, 9.17) is 10.3 Å². The molecule has 1 aromatic heterocycles. The average Bonchev–Trinajstić information content (AvgIpc) is 2.84. The van der Waals surface area contributed by atoms with E-state index in [1.807, 2.05) is 30.0 Å². The van der Waals surface area contributed by atoms with Crippen molar-refractivity contribution in [3.05, 3.63) is 47.1 Å². The maximum atomic E-state index is 5.74. The first-order chi connectivity index (χ1) is 9.48. The highest BCUT2D eigenvalue weighted by atomic mass is 32.2.